The average molecular weight is 273 g/mol. The lowest BCUT2D eigenvalue weighted by molar-refractivity contribution is 0.832. The molecule has 0 fully saturated rings. The van der Waals surface area contributed by atoms with Gasteiger partial charge in [0.05, 0.1) is 11.9 Å². The predicted octanol–water partition coefficient (Wildman–Crippen LogP) is 2.70. The average Bonchev–Trinajstić information content (AvgIpc) is 3.00. The van der Waals surface area contributed by atoms with Gasteiger partial charge in [-0.3, -0.25) is 4.98 Å². The molecule has 5 nitrogen and oxygen atoms in total. The Morgan fingerprint density at radius 3 is 2.79 bits per heavy atom. The monoisotopic (exact) mass is 273 g/mol. The van der Waals surface area contributed by atoms with Gasteiger partial charge in [-0.15, -0.1) is 5.10 Å². The lowest BCUT2D eigenvalue weighted by Gasteiger charge is -2.15. The lowest BCUT2D eigenvalue weighted by atomic mass is 10.2. The summed E-state index contributed by atoms with van der Waals surface area (Å²) in [5, 5.41) is 5.60. The molecule has 0 atom stereocenters. The second kappa shape index (κ2) is 4.97. The maximum absolute atomic E-state index is 4.61. The minimum absolute atomic E-state index is 0.915. The van der Waals surface area contributed by atoms with Crippen molar-refractivity contribution in [1.29, 1.82) is 0 Å². The van der Waals surface area contributed by atoms with Gasteiger partial charge in [0.15, 0.2) is 0 Å². The third-order valence-electron chi connectivity index (χ3n) is 3.02. The molecule has 3 rings (SSSR count). The van der Waals surface area contributed by atoms with Crippen molar-refractivity contribution in [1.82, 2.24) is 19.6 Å². The molecule has 0 saturated heterocycles. The molecule has 0 bridgehead atoms. The highest BCUT2D eigenvalue weighted by atomic mass is 32.1. The van der Waals surface area contributed by atoms with Crippen LogP contribution in [-0.4, -0.2) is 32.7 Å². The quantitative estimate of drug-likeness (QED) is 0.733. The van der Waals surface area contributed by atoms with E-state index in [4.69, 9.17) is 0 Å². The van der Waals surface area contributed by atoms with E-state index in [1.165, 1.54) is 0 Å². The summed E-state index contributed by atoms with van der Waals surface area (Å²) in [6, 6.07) is 3.92. The molecule has 0 aliphatic carbocycles. The molecule has 6 heteroatoms. The SMILES string of the molecule is CCN(CC)c1nn2cc(-c3cccnc3)nc2s1. The van der Waals surface area contributed by atoms with E-state index in [-0.39, 0.29) is 0 Å². The Morgan fingerprint density at radius 1 is 1.32 bits per heavy atom. The van der Waals surface area contributed by atoms with Crippen molar-refractivity contribution in [2.75, 3.05) is 18.0 Å². The predicted molar refractivity (Wildman–Crippen MR) is 77.7 cm³/mol. The fourth-order valence-corrected chi connectivity index (χ4v) is 2.98. The first-order valence-electron chi connectivity index (χ1n) is 6.33. The van der Waals surface area contributed by atoms with E-state index in [0.717, 1.165) is 34.4 Å². The summed E-state index contributed by atoms with van der Waals surface area (Å²) in [5.74, 6) is 0. The maximum atomic E-state index is 4.61. The Hall–Kier alpha value is -1.95. The molecule has 0 aliphatic rings. The van der Waals surface area contributed by atoms with Crippen LogP contribution >= 0.6 is 11.3 Å². The standard InChI is InChI=1S/C13H15N5S/c1-3-17(4-2)13-16-18-9-11(15-12(18)19-13)10-6-5-7-14-8-10/h5-9H,3-4H2,1-2H3. The summed E-state index contributed by atoms with van der Waals surface area (Å²) in [5.41, 5.74) is 1.93. The number of fused-ring (bicyclic) bond motifs is 1. The van der Waals surface area contributed by atoms with E-state index >= 15 is 0 Å². The van der Waals surface area contributed by atoms with Gasteiger partial charge in [0.2, 0.25) is 10.1 Å². The van der Waals surface area contributed by atoms with Crippen molar-refractivity contribution >= 4 is 21.4 Å². The first-order valence-corrected chi connectivity index (χ1v) is 7.15. The number of aromatic nitrogens is 4. The van der Waals surface area contributed by atoms with Crippen LogP contribution < -0.4 is 4.90 Å². The molecular weight excluding hydrogens is 258 g/mol. The zero-order chi connectivity index (χ0) is 13.2. The van der Waals surface area contributed by atoms with Crippen LogP contribution in [0, 0.1) is 0 Å². The van der Waals surface area contributed by atoms with Crippen LogP contribution in [0.3, 0.4) is 0 Å². The van der Waals surface area contributed by atoms with Gasteiger partial charge in [0.1, 0.15) is 0 Å². The smallest absolute Gasteiger partial charge is 0.214 e. The normalized spacial score (nSPS) is 11.1. The van der Waals surface area contributed by atoms with Crippen molar-refractivity contribution < 1.29 is 0 Å². The molecule has 0 spiro atoms. The fourth-order valence-electron chi connectivity index (χ4n) is 1.96. The van der Waals surface area contributed by atoms with E-state index in [2.05, 4.69) is 33.8 Å². The topological polar surface area (TPSA) is 46.3 Å². The first-order chi connectivity index (χ1) is 9.31. The molecule has 0 radical (unpaired) electrons. The van der Waals surface area contributed by atoms with Gasteiger partial charge in [-0.05, 0) is 26.0 Å². The summed E-state index contributed by atoms with van der Waals surface area (Å²) < 4.78 is 1.85. The van der Waals surface area contributed by atoms with Crippen molar-refractivity contribution in [3.63, 3.8) is 0 Å². The Bertz CT molecular complexity index is 637. The number of hydrogen-bond donors (Lipinski definition) is 0. The van der Waals surface area contributed by atoms with Gasteiger partial charge < -0.3 is 4.90 Å². The minimum atomic E-state index is 0.915. The van der Waals surface area contributed by atoms with Crippen LogP contribution in [0.5, 0.6) is 0 Å². The Kier molecular flexibility index (Phi) is 3.16. The van der Waals surface area contributed by atoms with Gasteiger partial charge in [-0.1, -0.05) is 11.3 Å². The van der Waals surface area contributed by atoms with Gasteiger partial charge >= 0.3 is 0 Å². The van der Waals surface area contributed by atoms with Crippen LogP contribution in [0.1, 0.15) is 13.8 Å². The number of anilines is 1. The molecular formula is C13H15N5S. The third kappa shape index (κ3) is 2.19. The van der Waals surface area contributed by atoms with Gasteiger partial charge in [-0.2, -0.15) is 0 Å². The van der Waals surface area contributed by atoms with Crippen molar-refractivity contribution in [2.24, 2.45) is 0 Å². The van der Waals surface area contributed by atoms with Crippen molar-refractivity contribution in [2.45, 2.75) is 13.8 Å². The Balaban J connectivity index is 1.98. The minimum Gasteiger partial charge on any atom is -0.347 e. The summed E-state index contributed by atoms with van der Waals surface area (Å²) in [4.78, 5) is 11.9. The number of imidazole rings is 1. The van der Waals surface area contributed by atoms with E-state index in [9.17, 15) is 0 Å². The van der Waals surface area contributed by atoms with E-state index < -0.39 is 0 Å². The number of pyridine rings is 1. The van der Waals surface area contributed by atoms with Crippen molar-refractivity contribution in [3.8, 4) is 11.3 Å². The largest absolute Gasteiger partial charge is 0.347 e. The zero-order valence-electron chi connectivity index (χ0n) is 10.9. The van der Waals surface area contributed by atoms with Gasteiger partial charge in [0.25, 0.3) is 0 Å². The molecule has 0 aliphatic heterocycles. The summed E-state index contributed by atoms with van der Waals surface area (Å²) in [6.07, 6.45) is 5.53. The molecule has 3 heterocycles. The van der Waals surface area contributed by atoms with Gasteiger partial charge in [0, 0.05) is 31.0 Å². The fraction of sp³-hybridized carbons (Fsp3) is 0.308. The second-order valence-corrected chi connectivity index (χ2v) is 5.09. The van der Waals surface area contributed by atoms with Gasteiger partial charge in [-0.25, -0.2) is 9.50 Å². The summed E-state index contributed by atoms with van der Waals surface area (Å²) >= 11 is 1.62. The molecule has 0 amide bonds. The third-order valence-corrected chi connectivity index (χ3v) is 4.01. The highest BCUT2D eigenvalue weighted by Crippen LogP contribution is 2.26. The maximum Gasteiger partial charge on any atom is 0.214 e. The molecule has 98 valence electrons. The Labute approximate surface area is 115 Å². The number of nitrogens with zero attached hydrogens (tertiary/aromatic N) is 5. The van der Waals surface area contributed by atoms with Crippen LogP contribution in [-0.2, 0) is 0 Å². The number of hydrogen-bond acceptors (Lipinski definition) is 5. The lowest BCUT2D eigenvalue weighted by Crippen LogP contribution is -2.21. The highest BCUT2D eigenvalue weighted by Gasteiger charge is 2.12. The molecule has 0 aromatic carbocycles. The zero-order valence-corrected chi connectivity index (χ0v) is 11.8. The van der Waals surface area contributed by atoms with Crippen LogP contribution in [0.15, 0.2) is 30.7 Å². The molecule has 0 unspecified atom stereocenters. The van der Waals surface area contributed by atoms with Crippen LogP contribution in [0.2, 0.25) is 0 Å². The number of rotatable bonds is 4. The van der Waals surface area contributed by atoms with E-state index in [0.29, 0.717) is 0 Å². The summed E-state index contributed by atoms with van der Waals surface area (Å²) in [6.45, 7) is 6.19. The molecule has 0 saturated carbocycles. The molecule has 3 aromatic heterocycles. The Morgan fingerprint density at radius 2 is 2.16 bits per heavy atom. The van der Waals surface area contributed by atoms with Crippen LogP contribution in [0.25, 0.3) is 16.2 Å². The van der Waals surface area contributed by atoms with E-state index in [1.807, 2.05) is 29.0 Å². The molecule has 19 heavy (non-hydrogen) atoms. The van der Waals surface area contributed by atoms with Crippen molar-refractivity contribution in [3.05, 3.63) is 30.7 Å². The second-order valence-electron chi connectivity index (χ2n) is 4.15. The molecule has 0 N–H and O–H groups in total. The van der Waals surface area contributed by atoms with E-state index in [1.54, 1.807) is 17.5 Å². The molecule has 3 aromatic rings. The summed E-state index contributed by atoms with van der Waals surface area (Å²) in [7, 11) is 0. The highest BCUT2D eigenvalue weighted by molar-refractivity contribution is 7.20. The van der Waals surface area contributed by atoms with Crippen LogP contribution in [0.4, 0.5) is 5.13 Å². The first kappa shape index (κ1) is 12.1.